The Morgan fingerprint density at radius 1 is 1.11 bits per heavy atom. The van der Waals surface area contributed by atoms with Gasteiger partial charge in [-0.15, -0.1) is 0 Å². The highest BCUT2D eigenvalue weighted by Crippen LogP contribution is 2.37. The quantitative estimate of drug-likeness (QED) is 0.741. The van der Waals surface area contributed by atoms with E-state index in [-0.39, 0.29) is 6.04 Å². The molecule has 2 amide bonds. The first-order chi connectivity index (χ1) is 8.47. The molecular weight excluding hydrogens is 240 g/mol. The van der Waals surface area contributed by atoms with Crippen molar-refractivity contribution in [3.63, 3.8) is 0 Å². The predicted octanol–water partition coefficient (Wildman–Crippen LogP) is 0.0619. The molecule has 2 aliphatic rings. The van der Waals surface area contributed by atoms with E-state index in [1.54, 1.807) is 4.90 Å². The lowest BCUT2D eigenvalue weighted by molar-refractivity contribution is -0.140. The number of rotatable bonds is 4. The van der Waals surface area contributed by atoms with Crippen LogP contribution in [0.3, 0.4) is 0 Å². The van der Waals surface area contributed by atoms with Crippen LogP contribution in [-0.2, 0) is 9.59 Å². The monoisotopic (exact) mass is 256 g/mol. The molecule has 1 heterocycles. The Morgan fingerprint density at radius 3 is 2.11 bits per heavy atom. The van der Waals surface area contributed by atoms with Crippen LogP contribution in [0.25, 0.3) is 0 Å². The van der Waals surface area contributed by atoms with Gasteiger partial charge in [0.15, 0.2) is 0 Å². The molecule has 1 saturated carbocycles. The minimum atomic E-state index is -1.20. The maximum absolute atomic E-state index is 12.1. The summed E-state index contributed by atoms with van der Waals surface area (Å²) in [5, 5.41) is 17.4. The van der Waals surface area contributed by atoms with Crippen molar-refractivity contribution in [2.75, 3.05) is 19.6 Å². The minimum Gasteiger partial charge on any atom is -0.480 e. The zero-order valence-electron chi connectivity index (χ0n) is 9.91. The average molecular weight is 256 g/mol. The molecule has 2 rings (SSSR count). The van der Waals surface area contributed by atoms with Crippen molar-refractivity contribution in [2.24, 2.45) is 5.92 Å². The van der Waals surface area contributed by atoms with Crippen LogP contribution in [0.5, 0.6) is 0 Å². The van der Waals surface area contributed by atoms with Gasteiger partial charge in [0.2, 0.25) is 0 Å². The van der Waals surface area contributed by atoms with Gasteiger partial charge in [0.25, 0.3) is 0 Å². The van der Waals surface area contributed by atoms with Crippen molar-refractivity contribution in [3.8, 4) is 0 Å². The Labute approximate surface area is 104 Å². The first-order valence-corrected chi connectivity index (χ1v) is 5.96. The van der Waals surface area contributed by atoms with Crippen LogP contribution in [0.4, 0.5) is 4.79 Å². The zero-order valence-corrected chi connectivity index (χ0v) is 9.91. The van der Waals surface area contributed by atoms with E-state index >= 15 is 0 Å². The normalized spacial score (nSPS) is 25.2. The SMILES string of the molecule is O=C(O)CN(CC(=O)O)C(=O)N1CC2CCC1C2. The number of piperidine rings is 1. The largest absolute Gasteiger partial charge is 0.480 e. The maximum Gasteiger partial charge on any atom is 0.323 e. The van der Waals surface area contributed by atoms with Crippen molar-refractivity contribution in [1.82, 2.24) is 9.80 Å². The first kappa shape index (κ1) is 12.7. The number of hydrogen-bond acceptors (Lipinski definition) is 3. The summed E-state index contributed by atoms with van der Waals surface area (Å²) >= 11 is 0. The van der Waals surface area contributed by atoms with Crippen LogP contribution < -0.4 is 0 Å². The molecule has 7 heteroatoms. The number of urea groups is 1. The predicted molar refractivity (Wildman–Crippen MR) is 60.1 cm³/mol. The molecule has 18 heavy (non-hydrogen) atoms. The van der Waals surface area contributed by atoms with Gasteiger partial charge in [-0.25, -0.2) is 4.79 Å². The van der Waals surface area contributed by atoms with E-state index in [2.05, 4.69) is 0 Å². The number of likely N-dealkylation sites (tertiary alicyclic amines) is 1. The van der Waals surface area contributed by atoms with Crippen LogP contribution >= 0.6 is 0 Å². The van der Waals surface area contributed by atoms with Crippen LogP contribution in [-0.4, -0.2) is 63.7 Å². The molecule has 0 spiro atoms. The van der Waals surface area contributed by atoms with Gasteiger partial charge in [0.1, 0.15) is 13.1 Å². The molecule has 2 unspecified atom stereocenters. The second kappa shape index (κ2) is 4.83. The molecule has 0 radical (unpaired) electrons. The number of hydrogen-bond donors (Lipinski definition) is 2. The Kier molecular flexibility index (Phi) is 3.40. The number of amides is 2. The average Bonchev–Trinajstić information content (AvgIpc) is 2.87. The van der Waals surface area contributed by atoms with Gasteiger partial charge >= 0.3 is 18.0 Å². The number of aliphatic carboxylic acids is 2. The van der Waals surface area contributed by atoms with E-state index in [4.69, 9.17) is 10.2 Å². The topological polar surface area (TPSA) is 98.1 Å². The number of nitrogens with zero attached hydrogens (tertiary/aromatic N) is 2. The van der Waals surface area contributed by atoms with E-state index < -0.39 is 31.1 Å². The lowest BCUT2D eigenvalue weighted by Crippen LogP contribution is -2.49. The summed E-state index contributed by atoms with van der Waals surface area (Å²) in [7, 11) is 0. The summed E-state index contributed by atoms with van der Waals surface area (Å²) in [6.07, 6.45) is 3.00. The molecule has 2 fully saturated rings. The van der Waals surface area contributed by atoms with Gasteiger partial charge in [-0.3, -0.25) is 9.59 Å². The van der Waals surface area contributed by atoms with Crippen LogP contribution in [0.1, 0.15) is 19.3 Å². The van der Waals surface area contributed by atoms with Crippen LogP contribution in [0.2, 0.25) is 0 Å². The molecule has 1 saturated heterocycles. The lowest BCUT2D eigenvalue weighted by atomic mass is 10.1. The van der Waals surface area contributed by atoms with Crippen molar-refractivity contribution in [2.45, 2.75) is 25.3 Å². The fraction of sp³-hybridized carbons (Fsp3) is 0.727. The zero-order chi connectivity index (χ0) is 13.3. The number of carbonyl (C=O) groups is 3. The standard InChI is InChI=1S/C11H16N2O5/c14-9(15)5-12(6-10(16)17)11(18)13-4-7-1-2-8(13)3-7/h7-8H,1-6H2,(H,14,15)(H,16,17). The van der Waals surface area contributed by atoms with Crippen LogP contribution in [0.15, 0.2) is 0 Å². The van der Waals surface area contributed by atoms with Gasteiger partial charge in [-0.1, -0.05) is 0 Å². The third-order valence-corrected chi connectivity index (χ3v) is 3.58. The number of fused-ring (bicyclic) bond motifs is 2. The fourth-order valence-corrected chi connectivity index (χ4v) is 2.86. The molecule has 1 aliphatic carbocycles. The Morgan fingerprint density at radius 2 is 1.72 bits per heavy atom. The van der Waals surface area contributed by atoms with Gasteiger partial charge in [0.05, 0.1) is 0 Å². The Hall–Kier alpha value is -1.79. The first-order valence-electron chi connectivity index (χ1n) is 5.96. The van der Waals surface area contributed by atoms with Crippen molar-refractivity contribution in [1.29, 1.82) is 0 Å². The Bertz CT molecular complexity index is 368. The summed E-state index contributed by atoms with van der Waals surface area (Å²) in [5.41, 5.74) is 0. The van der Waals surface area contributed by atoms with E-state index in [9.17, 15) is 14.4 Å². The number of carboxylic acid groups (broad SMARTS) is 2. The van der Waals surface area contributed by atoms with E-state index in [1.165, 1.54) is 0 Å². The van der Waals surface area contributed by atoms with Gasteiger partial charge < -0.3 is 20.0 Å². The molecular formula is C11H16N2O5. The molecule has 100 valence electrons. The smallest absolute Gasteiger partial charge is 0.323 e. The third kappa shape index (κ3) is 2.55. The maximum atomic E-state index is 12.1. The van der Waals surface area contributed by atoms with Gasteiger partial charge in [-0.2, -0.15) is 0 Å². The van der Waals surface area contributed by atoms with Crippen molar-refractivity contribution in [3.05, 3.63) is 0 Å². The van der Waals surface area contributed by atoms with Crippen molar-refractivity contribution >= 4 is 18.0 Å². The molecule has 2 atom stereocenters. The summed E-state index contributed by atoms with van der Waals surface area (Å²) in [6, 6.07) is -0.306. The van der Waals surface area contributed by atoms with E-state index in [0.717, 1.165) is 24.2 Å². The van der Waals surface area contributed by atoms with Gasteiger partial charge in [-0.05, 0) is 25.2 Å². The summed E-state index contributed by atoms with van der Waals surface area (Å²) in [4.78, 5) is 36.0. The fourth-order valence-electron chi connectivity index (χ4n) is 2.86. The number of carboxylic acids is 2. The van der Waals surface area contributed by atoms with Gasteiger partial charge in [0, 0.05) is 12.6 Å². The highest BCUT2D eigenvalue weighted by atomic mass is 16.4. The van der Waals surface area contributed by atoms with Crippen molar-refractivity contribution < 1.29 is 24.6 Å². The molecule has 7 nitrogen and oxygen atoms in total. The highest BCUT2D eigenvalue weighted by molar-refractivity contribution is 5.84. The molecule has 0 aromatic carbocycles. The lowest BCUT2D eigenvalue weighted by Gasteiger charge is -2.31. The third-order valence-electron chi connectivity index (χ3n) is 3.58. The molecule has 0 aromatic rings. The molecule has 1 aliphatic heterocycles. The number of carbonyl (C=O) groups excluding carboxylic acids is 1. The van der Waals surface area contributed by atoms with E-state index in [0.29, 0.717) is 12.5 Å². The van der Waals surface area contributed by atoms with E-state index in [1.807, 2.05) is 0 Å². The Balaban J connectivity index is 2.03. The second-order valence-corrected chi connectivity index (χ2v) is 4.91. The molecule has 2 bridgehead atoms. The summed E-state index contributed by atoms with van der Waals surface area (Å²) in [6.45, 7) is -0.517. The molecule has 0 aromatic heterocycles. The highest BCUT2D eigenvalue weighted by Gasteiger charge is 2.42. The minimum absolute atomic E-state index is 0.160. The summed E-state index contributed by atoms with van der Waals surface area (Å²) < 4.78 is 0. The van der Waals surface area contributed by atoms with Crippen LogP contribution in [0, 0.1) is 5.92 Å². The second-order valence-electron chi connectivity index (χ2n) is 4.91. The summed E-state index contributed by atoms with van der Waals surface area (Å²) in [5.74, 6) is -1.90. The molecule has 2 N–H and O–H groups in total.